The van der Waals surface area contributed by atoms with E-state index in [9.17, 15) is 18.0 Å². The van der Waals surface area contributed by atoms with Crippen molar-refractivity contribution in [2.75, 3.05) is 26.2 Å². The van der Waals surface area contributed by atoms with Crippen molar-refractivity contribution in [3.8, 4) is 0 Å². The van der Waals surface area contributed by atoms with E-state index >= 15 is 0 Å². The number of halogens is 3. The lowest BCUT2D eigenvalue weighted by Gasteiger charge is -2.31. The van der Waals surface area contributed by atoms with Gasteiger partial charge in [-0.15, -0.1) is 0 Å². The van der Waals surface area contributed by atoms with Gasteiger partial charge in [-0.25, -0.2) is 0 Å². The van der Waals surface area contributed by atoms with E-state index in [1.54, 1.807) is 0 Å². The first-order chi connectivity index (χ1) is 6.93. The number of carbonyl (C=O) groups is 1. The summed E-state index contributed by atoms with van der Waals surface area (Å²) in [5.41, 5.74) is 5.45. The van der Waals surface area contributed by atoms with Gasteiger partial charge in [0.15, 0.2) is 0 Å². The first kappa shape index (κ1) is 12.4. The Morgan fingerprint density at radius 3 is 2.67 bits per heavy atom. The molecule has 3 nitrogen and oxygen atoms in total. The molecule has 1 fully saturated rings. The summed E-state index contributed by atoms with van der Waals surface area (Å²) in [7, 11) is 0. The van der Waals surface area contributed by atoms with Gasteiger partial charge in [-0.05, 0) is 31.8 Å². The molecule has 0 saturated carbocycles. The monoisotopic (exact) mass is 224 g/mol. The summed E-state index contributed by atoms with van der Waals surface area (Å²) in [6, 6.07) is 0. The molecule has 1 aliphatic rings. The molecule has 0 spiro atoms. The Balaban J connectivity index is 2.41. The highest BCUT2D eigenvalue weighted by Gasteiger charge is 2.39. The van der Waals surface area contributed by atoms with E-state index in [0.29, 0.717) is 19.6 Å². The van der Waals surface area contributed by atoms with E-state index in [0.717, 1.165) is 12.8 Å². The standard InChI is InChI=1S/C9H15F3N2O/c10-9(11,12)8(15)6-14-3-1-2-7(4-13)5-14/h7H,1-6,13H2. The molecule has 15 heavy (non-hydrogen) atoms. The molecule has 1 heterocycles. The Kier molecular flexibility index (Phi) is 4.10. The summed E-state index contributed by atoms with van der Waals surface area (Å²) in [6.45, 7) is 0.993. The number of piperidine rings is 1. The topological polar surface area (TPSA) is 46.3 Å². The van der Waals surface area contributed by atoms with E-state index in [4.69, 9.17) is 5.73 Å². The third kappa shape index (κ3) is 3.79. The molecule has 1 atom stereocenters. The summed E-state index contributed by atoms with van der Waals surface area (Å²) in [4.78, 5) is 12.3. The van der Waals surface area contributed by atoms with E-state index in [-0.39, 0.29) is 5.92 Å². The van der Waals surface area contributed by atoms with Gasteiger partial charge in [-0.3, -0.25) is 9.69 Å². The van der Waals surface area contributed by atoms with E-state index in [2.05, 4.69) is 0 Å². The van der Waals surface area contributed by atoms with Gasteiger partial charge in [0, 0.05) is 6.54 Å². The number of alkyl halides is 3. The van der Waals surface area contributed by atoms with Gasteiger partial charge in [0.2, 0.25) is 5.78 Å². The highest BCUT2D eigenvalue weighted by atomic mass is 19.4. The molecule has 0 bridgehead atoms. The highest BCUT2D eigenvalue weighted by Crippen LogP contribution is 2.19. The Morgan fingerprint density at radius 1 is 1.47 bits per heavy atom. The van der Waals surface area contributed by atoms with Crippen LogP contribution in [-0.2, 0) is 4.79 Å². The number of ketones is 1. The van der Waals surface area contributed by atoms with Crippen molar-refractivity contribution < 1.29 is 18.0 Å². The number of rotatable bonds is 3. The summed E-state index contributed by atoms with van der Waals surface area (Å²) in [6.07, 6.45) is -2.96. The predicted molar refractivity (Wildman–Crippen MR) is 49.3 cm³/mol. The van der Waals surface area contributed by atoms with Crippen molar-refractivity contribution in [1.82, 2.24) is 4.90 Å². The van der Waals surface area contributed by atoms with Gasteiger partial charge in [-0.2, -0.15) is 13.2 Å². The van der Waals surface area contributed by atoms with Crippen LogP contribution in [0.2, 0.25) is 0 Å². The van der Waals surface area contributed by atoms with Crippen LogP contribution in [-0.4, -0.2) is 43.0 Å². The van der Waals surface area contributed by atoms with Crippen molar-refractivity contribution in [2.24, 2.45) is 11.7 Å². The lowest BCUT2D eigenvalue weighted by molar-refractivity contribution is -0.172. The smallest absolute Gasteiger partial charge is 0.330 e. The fourth-order valence-electron chi connectivity index (χ4n) is 1.78. The Morgan fingerprint density at radius 2 is 2.13 bits per heavy atom. The lowest BCUT2D eigenvalue weighted by Crippen LogP contribution is -2.44. The zero-order valence-corrected chi connectivity index (χ0v) is 8.39. The largest absolute Gasteiger partial charge is 0.451 e. The second kappa shape index (κ2) is 4.94. The minimum atomic E-state index is -4.71. The average molecular weight is 224 g/mol. The number of hydrogen-bond acceptors (Lipinski definition) is 3. The van der Waals surface area contributed by atoms with Gasteiger partial charge in [0.25, 0.3) is 0 Å². The fraction of sp³-hybridized carbons (Fsp3) is 0.889. The summed E-state index contributed by atoms with van der Waals surface area (Å²) >= 11 is 0. The molecule has 1 saturated heterocycles. The molecule has 2 N–H and O–H groups in total. The van der Waals surface area contributed by atoms with Crippen LogP contribution >= 0.6 is 0 Å². The van der Waals surface area contributed by atoms with Crippen LogP contribution in [0, 0.1) is 5.92 Å². The van der Waals surface area contributed by atoms with Gasteiger partial charge in [0.1, 0.15) is 0 Å². The van der Waals surface area contributed by atoms with Crippen LogP contribution in [0.5, 0.6) is 0 Å². The average Bonchev–Trinajstić information content (AvgIpc) is 2.16. The molecular weight excluding hydrogens is 209 g/mol. The quantitative estimate of drug-likeness (QED) is 0.771. The van der Waals surface area contributed by atoms with Crippen molar-refractivity contribution in [1.29, 1.82) is 0 Å². The molecule has 6 heteroatoms. The summed E-state index contributed by atoms with van der Waals surface area (Å²) < 4.78 is 35.9. The van der Waals surface area contributed by atoms with E-state index in [1.807, 2.05) is 0 Å². The summed E-state index contributed by atoms with van der Waals surface area (Å²) in [5.74, 6) is -1.44. The number of carbonyl (C=O) groups excluding carboxylic acids is 1. The maximum absolute atomic E-state index is 12.0. The lowest BCUT2D eigenvalue weighted by atomic mass is 9.98. The molecule has 0 aromatic carbocycles. The number of Topliss-reactive ketones (excluding diaryl/α,β-unsaturated/α-hetero) is 1. The maximum Gasteiger partial charge on any atom is 0.451 e. The molecular formula is C9H15F3N2O. The zero-order valence-electron chi connectivity index (χ0n) is 8.39. The van der Waals surface area contributed by atoms with Crippen LogP contribution in [0.15, 0.2) is 0 Å². The first-order valence-corrected chi connectivity index (χ1v) is 4.96. The zero-order chi connectivity index (χ0) is 11.5. The molecule has 1 aliphatic heterocycles. The van der Waals surface area contributed by atoms with Crippen molar-refractivity contribution >= 4 is 5.78 Å². The molecule has 88 valence electrons. The normalized spacial score (nSPS) is 24.1. The van der Waals surface area contributed by atoms with Crippen LogP contribution in [0.25, 0.3) is 0 Å². The van der Waals surface area contributed by atoms with Gasteiger partial charge < -0.3 is 5.73 Å². The third-order valence-electron chi connectivity index (χ3n) is 2.62. The molecule has 0 aromatic rings. The van der Waals surface area contributed by atoms with Gasteiger partial charge >= 0.3 is 6.18 Å². The van der Waals surface area contributed by atoms with Gasteiger partial charge in [-0.1, -0.05) is 0 Å². The number of nitrogens with two attached hydrogens (primary N) is 1. The van der Waals surface area contributed by atoms with Crippen LogP contribution < -0.4 is 5.73 Å². The first-order valence-electron chi connectivity index (χ1n) is 4.96. The van der Waals surface area contributed by atoms with Crippen molar-refractivity contribution in [2.45, 2.75) is 19.0 Å². The second-order valence-electron chi connectivity index (χ2n) is 3.90. The van der Waals surface area contributed by atoms with Crippen molar-refractivity contribution in [3.05, 3.63) is 0 Å². The molecule has 0 aliphatic carbocycles. The van der Waals surface area contributed by atoms with Crippen molar-refractivity contribution in [3.63, 3.8) is 0 Å². The molecule has 1 rings (SSSR count). The summed E-state index contributed by atoms with van der Waals surface area (Å²) in [5, 5.41) is 0. The molecule has 0 amide bonds. The van der Waals surface area contributed by atoms with E-state index < -0.39 is 18.5 Å². The predicted octanol–water partition coefficient (Wildman–Crippen LogP) is 0.789. The van der Waals surface area contributed by atoms with Crippen LogP contribution in [0.4, 0.5) is 13.2 Å². The SMILES string of the molecule is NCC1CCCN(CC(=O)C(F)(F)F)C1. The molecule has 0 radical (unpaired) electrons. The fourth-order valence-corrected chi connectivity index (χ4v) is 1.78. The van der Waals surface area contributed by atoms with Crippen LogP contribution in [0.3, 0.4) is 0 Å². The van der Waals surface area contributed by atoms with Gasteiger partial charge in [0.05, 0.1) is 6.54 Å². The number of hydrogen-bond donors (Lipinski definition) is 1. The van der Waals surface area contributed by atoms with E-state index in [1.165, 1.54) is 4.90 Å². The number of likely N-dealkylation sites (tertiary alicyclic amines) is 1. The Hall–Kier alpha value is -0.620. The maximum atomic E-state index is 12.0. The number of nitrogens with zero attached hydrogens (tertiary/aromatic N) is 1. The molecule has 0 aromatic heterocycles. The minimum absolute atomic E-state index is 0.222. The highest BCUT2D eigenvalue weighted by molar-refractivity contribution is 5.85. The second-order valence-corrected chi connectivity index (χ2v) is 3.90. The Bertz CT molecular complexity index is 230. The Labute approximate surface area is 86.4 Å². The minimum Gasteiger partial charge on any atom is -0.330 e. The molecule has 1 unspecified atom stereocenters. The third-order valence-corrected chi connectivity index (χ3v) is 2.62. The van der Waals surface area contributed by atoms with Crippen LogP contribution in [0.1, 0.15) is 12.8 Å².